The molecule has 0 spiro atoms. The van der Waals surface area contributed by atoms with Gasteiger partial charge in [0, 0.05) is 56.9 Å². The second kappa shape index (κ2) is 12.3. The van der Waals surface area contributed by atoms with Gasteiger partial charge >= 0.3 is 6.09 Å². The number of anilines is 1. The maximum atomic E-state index is 13.2. The van der Waals surface area contributed by atoms with Crippen molar-refractivity contribution in [1.82, 2.24) is 9.80 Å². The third kappa shape index (κ3) is 8.19. The van der Waals surface area contributed by atoms with Crippen molar-refractivity contribution < 1.29 is 19.1 Å². The van der Waals surface area contributed by atoms with Crippen LogP contribution in [0.5, 0.6) is 0 Å². The second-order valence-corrected chi connectivity index (χ2v) is 9.49. The molecule has 1 aliphatic heterocycles. The summed E-state index contributed by atoms with van der Waals surface area (Å²) in [6, 6.07) is 7.62. The number of carbonyl (C=O) groups is 2. The molecule has 0 aromatic heterocycles. The number of hydrogen-bond donors (Lipinski definition) is 1. The number of piperazine rings is 1. The Morgan fingerprint density at radius 3 is 2.56 bits per heavy atom. The van der Waals surface area contributed by atoms with E-state index in [1.54, 1.807) is 12.1 Å². The summed E-state index contributed by atoms with van der Waals surface area (Å²) in [4.78, 5) is 30.4. The zero-order chi connectivity index (χ0) is 23.7. The third-order valence-electron chi connectivity index (χ3n) is 5.69. The molecule has 1 fully saturated rings. The highest BCUT2D eigenvalue weighted by molar-refractivity contribution is 6.05. The molecule has 7 nitrogen and oxygen atoms in total. The van der Waals surface area contributed by atoms with Gasteiger partial charge in [-0.1, -0.05) is 26.0 Å². The first kappa shape index (κ1) is 26.3. The number of hydrogen-bond acceptors (Lipinski definition) is 6. The Morgan fingerprint density at radius 2 is 1.91 bits per heavy atom. The molecule has 1 amide bonds. The van der Waals surface area contributed by atoms with E-state index in [4.69, 9.17) is 9.47 Å². The summed E-state index contributed by atoms with van der Waals surface area (Å²) in [6.07, 6.45) is 0.521. The molecule has 1 heterocycles. The van der Waals surface area contributed by atoms with E-state index in [1.165, 1.54) is 0 Å². The minimum absolute atomic E-state index is 0.0310. The number of amides is 1. The fourth-order valence-electron chi connectivity index (χ4n) is 4.09. The molecule has 0 aliphatic carbocycles. The lowest BCUT2D eigenvalue weighted by atomic mass is 9.96. The highest BCUT2D eigenvalue weighted by Gasteiger charge is 2.28. The molecule has 1 aromatic carbocycles. The van der Waals surface area contributed by atoms with Crippen LogP contribution in [0.25, 0.3) is 0 Å². The molecule has 0 radical (unpaired) electrons. The number of ether oxygens (including phenoxy) is 2. The van der Waals surface area contributed by atoms with Gasteiger partial charge < -0.3 is 9.47 Å². The maximum Gasteiger partial charge on any atom is 0.412 e. The highest BCUT2D eigenvalue weighted by Crippen LogP contribution is 2.22. The SMILES string of the molecule is CCOCCN1CCN(C[C@H](C)C(=O)c2ccccc2NC(=O)OC(C)(C)C)C[C@@H]1CC. The summed E-state index contributed by atoms with van der Waals surface area (Å²) < 4.78 is 10.9. The minimum Gasteiger partial charge on any atom is -0.444 e. The largest absolute Gasteiger partial charge is 0.444 e. The van der Waals surface area contributed by atoms with Gasteiger partial charge in [-0.05, 0) is 46.2 Å². The molecule has 2 atom stereocenters. The molecule has 1 aliphatic rings. The van der Waals surface area contributed by atoms with Crippen LogP contribution in [0.1, 0.15) is 58.3 Å². The minimum atomic E-state index is -0.600. The number of nitrogens with zero attached hydrogens (tertiary/aromatic N) is 2. The Hall–Kier alpha value is -1.96. The standard InChI is InChI=1S/C25H41N3O4/c1-7-20-18-27(13-14-28(20)15-16-31-8-2)17-19(3)23(29)21-11-9-10-12-22(21)26-24(30)32-25(4,5)6/h9-12,19-20H,7-8,13-18H2,1-6H3,(H,26,30)/t19-,20-/m0/s1. The van der Waals surface area contributed by atoms with Gasteiger partial charge in [-0.2, -0.15) is 0 Å². The zero-order valence-corrected chi connectivity index (χ0v) is 20.6. The van der Waals surface area contributed by atoms with E-state index in [9.17, 15) is 9.59 Å². The molecule has 180 valence electrons. The van der Waals surface area contributed by atoms with Crippen molar-refractivity contribution in [2.24, 2.45) is 5.92 Å². The van der Waals surface area contributed by atoms with Gasteiger partial charge in [-0.25, -0.2) is 4.79 Å². The van der Waals surface area contributed by atoms with Crippen molar-refractivity contribution >= 4 is 17.6 Å². The number of ketones is 1. The van der Waals surface area contributed by atoms with Crippen molar-refractivity contribution in [2.45, 2.75) is 59.6 Å². The Kier molecular flexibility index (Phi) is 10.1. The lowest BCUT2D eigenvalue weighted by Crippen LogP contribution is -2.54. The summed E-state index contributed by atoms with van der Waals surface area (Å²) >= 11 is 0. The average molecular weight is 448 g/mol. The van der Waals surface area contributed by atoms with Gasteiger partial charge in [0.15, 0.2) is 5.78 Å². The first-order valence-electron chi connectivity index (χ1n) is 11.8. The summed E-state index contributed by atoms with van der Waals surface area (Å²) in [6.45, 7) is 17.7. The van der Waals surface area contributed by atoms with Gasteiger partial charge in [-0.15, -0.1) is 0 Å². The van der Waals surface area contributed by atoms with Gasteiger partial charge in [0.2, 0.25) is 0 Å². The predicted octanol–water partition coefficient (Wildman–Crippen LogP) is 4.29. The summed E-state index contributed by atoms with van der Waals surface area (Å²) in [5, 5.41) is 2.74. The van der Waals surface area contributed by atoms with Crippen LogP contribution in [0.4, 0.5) is 10.5 Å². The lowest BCUT2D eigenvalue weighted by Gasteiger charge is -2.41. The van der Waals surface area contributed by atoms with Crippen LogP contribution in [-0.4, -0.2) is 79.3 Å². The van der Waals surface area contributed by atoms with Gasteiger partial charge in [0.05, 0.1) is 12.3 Å². The first-order chi connectivity index (χ1) is 15.1. The molecule has 0 saturated carbocycles. The topological polar surface area (TPSA) is 71.1 Å². The van der Waals surface area contributed by atoms with Gasteiger partial charge in [0.25, 0.3) is 0 Å². The smallest absolute Gasteiger partial charge is 0.412 e. The quantitative estimate of drug-likeness (QED) is 0.426. The predicted molar refractivity (Wildman–Crippen MR) is 128 cm³/mol. The van der Waals surface area contributed by atoms with Crippen LogP contribution in [-0.2, 0) is 9.47 Å². The first-order valence-corrected chi connectivity index (χ1v) is 11.8. The van der Waals surface area contributed by atoms with Crippen molar-refractivity contribution in [2.75, 3.05) is 51.3 Å². The van der Waals surface area contributed by atoms with Crippen LogP contribution < -0.4 is 5.32 Å². The van der Waals surface area contributed by atoms with Crippen LogP contribution >= 0.6 is 0 Å². The molecule has 1 N–H and O–H groups in total. The maximum absolute atomic E-state index is 13.2. The summed E-state index contributed by atoms with van der Waals surface area (Å²) in [7, 11) is 0. The molecule has 32 heavy (non-hydrogen) atoms. The van der Waals surface area contributed by atoms with E-state index in [0.29, 0.717) is 23.8 Å². The molecule has 7 heteroatoms. The van der Waals surface area contributed by atoms with Gasteiger partial charge in [0.1, 0.15) is 5.60 Å². The van der Waals surface area contributed by atoms with Crippen molar-refractivity contribution in [3.05, 3.63) is 29.8 Å². The van der Waals surface area contributed by atoms with Crippen molar-refractivity contribution in [3.63, 3.8) is 0 Å². The normalized spacial score (nSPS) is 18.9. The van der Waals surface area contributed by atoms with Crippen LogP contribution in [0.3, 0.4) is 0 Å². The number of benzene rings is 1. The second-order valence-electron chi connectivity index (χ2n) is 9.49. The lowest BCUT2D eigenvalue weighted by molar-refractivity contribution is 0.0361. The van der Waals surface area contributed by atoms with Crippen molar-refractivity contribution in [3.8, 4) is 0 Å². The Labute approximate surface area is 193 Å². The number of para-hydroxylation sites is 1. The van der Waals surface area contributed by atoms with E-state index in [0.717, 1.165) is 45.8 Å². The number of carbonyl (C=O) groups excluding carboxylic acids is 2. The van der Waals surface area contributed by atoms with E-state index in [-0.39, 0.29) is 11.7 Å². The van der Waals surface area contributed by atoms with E-state index < -0.39 is 11.7 Å². The van der Waals surface area contributed by atoms with E-state index in [2.05, 4.69) is 22.0 Å². The molecule has 0 bridgehead atoms. The van der Waals surface area contributed by atoms with Crippen molar-refractivity contribution in [1.29, 1.82) is 0 Å². The highest BCUT2D eigenvalue weighted by atomic mass is 16.6. The molecule has 1 aromatic rings. The molecule has 0 unspecified atom stereocenters. The monoisotopic (exact) mass is 447 g/mol. The molecular formula is C25H41N3O4. The average Bonchev–Trinajstić information content (AvgIpc) is 2.73. The summed E-state index contributed by atoms with van der Waals surface area (Å²) in [5.74, 6) is -0.146. The molecule has 1 saturated heterocycles. The van der Waals surface area contributed by atoms with E-state index in [1.807, 2.05) is 46.8 Å². The van der Waals surface area contributed by atoms with Gasteiger partial charge in [-0.3, -0.25) is 19.9 Å². The number of rotatable bonds is 10. The summed E-state index contributed by atoms with van der Waals surface area (Å²) in [5.41, 5.74) is 0.413. The van der Waals surface area contributed by atoms with Crippen LogP contribution in [0.15, 0.2) is 24.3 Å². The zero-order valence-electron chi connectivity index (χ0n) is 20.6. The number of nitrogens with one attached hydrogen (secondary N) is 1. The Balaban J connectivity index is 1.97. The van der Waals surface area contributed by atoms with Crippen LogP contribution in [0, 0.1) is 5.92 Å². The number of Topliss-reactive ketones (excluding diaryl/α,β-unsaturated/α-hetero) is 1. The third-order valence-corrected chi connectivity index (χ3v) is 5.69. The van der Waals surface area contributed by atoms with E-state index >= 15 is 0 Å². The molecular weight excluding hydrogens is 406 g/mol. The fourth-order valence-corrected chi connectivity index (χ4v) is 4.09. The van der Waals surface area contributed by atoms with Crippen LogP contribution in [0.2, 0.25) is 0 Å². The Bertz CT molecular complexity index is 747. The Morgan fingerprint density at radius 1 is 1.19 bits per heavy atom. The molecule has 2 rings (SSSR count). The fraction of sp³-hybridized carbons (Fsp3) is 0.680.